The maximum Gasteiger partial charge on any atom is 0.429 e. The second-order valence-electron chi connectivity index (χ2n) is 27.2. The first kappa shape index (κ1) is 92.6. The Morgan fingerprint density at radius 2 is 1.08 bits per heavy atom. The first-order chi connectivity index (χ1) is 47.7. The van der Waals surface area contributed by atoms with Crippen molar-refractivity contribution in [3.63, 3.8) is 0 Å². The van der Waals surface area contributed by atoms with Crippen molar-refractivity contribution in [3.05, 3.63) is 49.8 Å². The van der Waals surface area contributed by atoms with E-state index in [0.29, 0.717) is 38.4 Å². The summed E-state index contributed by atoms with van der Waals surface area (Å²) in [7, 11) is -2.13. The van der Waals surface area contributed by atoms with E-state index in [9.17, 15) is 29.2 Å². The number of allylic oxidation sites excluding steroid dienone is 3. The van der Waals surface area contributed by atoms with Gasteiger partial charge in [-0.3, -0.25) is 19.8 Å². The van der Waals surface area contributed by atoms with Crippen LogP contribution in [0.4, 0.5) is 0 Å². The van der Waals surface area contributed by atoms with Crippen LogP contribution in [0.1, 0.15) is 319 Å². The predicted octanol–water partition coefficient (Wildman–Crippen LogP) is 18.8. The number of amides is 2. The molecular weight excluding hydrogens is 1260 g/mol. The van der Waals surface area contributed by atoms with Crippen LogP contribution in [0.25, 0.3) is 0 Å². The van der Waals surface area contributed by atoms with E-state index in [2.05, 4.69) is 70.6 Å². The Labute approximate surface area is 597 Å². The average Bonchev–Trinajstić information content (AvgIpc) is 0.797. The zero-order chi connectivity index (χ0) is 72.1. The van der Waals surface area contributed by atoms with Crippen LogP contribution in [0.15, 0.2) is 49.8 Å². The first-order valence-corrected chi connectivity index (χ1v) is 40.8. The Morgan fingerprint density at radius 3 is 1.62 bits per heavy atom. The van der Waals surface area contributed by atoms with Crippen molar-refractivity contribution >= 4 is 31.3 Å². The molecule has 0 aliphatic carbocycles. The standard InChI is InChI=1S/C46H83N2O8P.C33H61NO7/c1-8-13-15-17-18-19-20-21-22-23-24-25-26-28-30-32-41(49)48-42-44(52-36-33-38(6)31-29-27-16-14-9-2)43(40(12-5)55-45(42)54-39(7)47)56-46(53-35-11-4)57(50)37-51-34-10-3;1-4-7-9-11-13-15-16-18-20-22-27(36)25-29(37)34-30-32(39-24-21-19-17-14-12-10-8-5-2)31(38)28(26-35)41-33(30)40-23-6-3/h10-11,19-20,38,40,42-47H,3-4,8-9,12-18,21-37H2,1-2,5-7H3;6,23,28,30-33,35,38H,4-5,7-22,24-26H2,1-3H3,(H,34,37)/p+1/b20-19-,47-39?;23-6-/t38-,40-,42-,43-,44-,45?,46?;28-,30-,31-,32-,33+/m11/s1. The van der Waals surface area contributed by atoms with Crippen LogP contribution in [0.2, 0.25) is 0 Å². The van der Waals surface area contributed by atoms with Crippen molar-refractivity contribution in [2.75, 3.05) is 39.4 Å². The molecule has 0 aromatic heterocycles. The molecule has 570 valence electrons. The minimum Gasteiger partial charge on any atom is -0.471 e. The molecule has 0 radical (unpaired) electrons. The van der Waals surface area contributed by atoms with Gasteiger partial charge in [-0.2, -0.15) is 0 Å². The summed E-state index contributed by atoms with van der Waals surface area (Å²) in [4.78, 5) is 39.0. The number of nitrogens with one attached hydrogen (secondary N) is 3. The third-order valence-electron chi connectivity index (χ3n) is 18.1. The normalized spacial score (nSPS) is 21.7. The maximum atomic E-state index is 13.6. The van der Waals surface area contributed by atoms with Gasteiger partial charge in [0, 0.05) is 33.0 Å². The van der Waals surface area contributed by atoms with Crippen LogP contribution in [-0.2, 0) is 61.6 Å². The summed E-state index contributed by atoms with van der Waals surface area (Å²) in [5, 5.41) is 34.9. The highest BCUT2D eigenvalue weighted by molar-refractivity contribution is 7.44. The van der Waals surface area contributed by atoms with Crippen molar-refractivity contribution < 1.29 is 71.8 Å². The molecule has 5 N–H and O–H groups in total. The number of ether oxygens (including phenoxy) is 9. The summed E-state index contributed by atoms with van der Waals surface area (Å²) in [6.45, 7) is 24.7. The Balaban J connectivity index is 0.00000103. The smallest absolute Gasteiger partial charge is 0.429 e. The summed E-state index contributed by atoms with van der Waals surface area (Å²) in [6.07, 6.45) is 48.4. The second kappa shape index (κ2) is 64.4. The largest absolute Gasteiger partial charge is 0.471 e. The highest BCUT2D eigenvalue weighted by Crippen LogP contribution is 2.37. The molecule has 0 aromatic carbocycles. The van der Waals surface area contributed by atoms with Crippen LogP contribution in [0.5, 0.6) is 0 Å². The fourth-order valence-corrected chi connectivity index (χ4v) is 13.3. The SMILES string of the molecule is C/C=C\O[C@H]1O[C@H](CO)[C@@H](O)[C@H](OCCCCCCCCCC)[C@H]1NC(=O)CC(=O)CCCCCCCCCCC.C=CCOC[P+](=O)C(OCC=C)O[C@H]1[C@H](OCC[C@H](C)CCCCCCC)[C@@H](NC(=O)CCCCCCCCC/C=C\CCCCCC)C(OC(C)=N)O[C@@H]1CC. The first-order valence-electron chi connectivity index (χ1n) is 39.3. The van der Waals surface area contributed by atoms with E-state index < -0.39 is 87.6 Å². The van der Waals surface area contributed by atoms with Crippen LogP contribution in [-0.4, -0.2) is 140 Å². The van der Waals surface area contributed by atoms with Crippen LogP contribution in [0.3, 0.4) is 0 Å². The van der Waals surface area contributed by atoms with E-state index in [1.54, 1.807) is 32.1 Å². The van der Waals surface area contributed by atoms with Gasteiger partial charge >= 0.3 is 13.8 Å². The molecule has 13 atom stereocenters. The summed E-state index contributed by atoms with van der Waals surface area (Å²) >= 11 is 0. The number of hydrogen-bond acceptors (Lipinski definition) is 16. The van der Waals surface area contributed by atoms with Gasteiger partial charge < -0.3 is 63.5 Å². The molecule has 18 nitrogen and oxygen atoms in total. The molecule has 2 saturated heterocycles. The van der Waals surface area contributed by atoms with Crippen molar-refractivity contribution in [2.24, 2.45) is 5.92 Å². The monoisotopic (exact) mass is 1410 g/mol. The van der Waals surface area contributed by atoms with E-state index >= 15 is 0 Å². The number of carbonyl (C=O) groups is 3. The molecule has 2 aliphatic heterocycles. The fourth-order valence-electron chi connectivity index (χ4n) is 12.3. The minimum absolute atomic E-state index is 0.0306. The van der Waals surface area contributed by atoms with E-state index in [4.69, 9.17) is 48.0 Å². The van der Waals surface area contributed by atoms with Gasteiger partial charge in [0.25, 0.3) is 6.35 Å². The molecule has 2 aliphatic rings. The van der Waals surface area contributed by atoms with Crippen molar-refractivity contribution in [2.45, 2.75) is 386 Å². The Kier molecular flexibility index (Phi) is 60.9. The number of aliphatic hydroxyl groups excluding tert-OH is 2. The predicted molar refractivity (Wildman–Crippen MR) is 399 cm³/mol. The fraction of sp³-hybridized carbons (Fsp3) is 0.848. The molecule has 0 spiro atoms. The van der Waals surface area contributed by atoms with Gasteiger partial charge in [0.1, 0.15) is 48.4 Å². The van der Waals surface area contributed by atoms with Gasteiger partial charge in [-0.25, -0.2) is 0 Å². The number of hydrogen-bond donors (Lipinski definition) is 5. The van der Waals surface area contributed by atoms with Gasteiger partial charge in [-0.15, -0.1) is 13.2 Å². The number of ketones is 1. The maximum absolute atomic E-state index is 13.6. The van der Waals surface area contributed by atoms with Crippen molar-refractivity contribution in [3.8, 4) is 0 Å². The Bertz CT molecular complexity index is 2050. The molecule has 0 bridgehead atoms. The zero-order valence-electron chi connectivity index (χ0n) is 63.2. The second-order valence-corrected chi connectivity index (χ2v) is 28.8. The number of carbonyl (C=O) groups excluding carboxylic acids is 3. The van der Waals surface area contributed by atoms with Crippen LogP contribution >= 0.6 is 7.80 Å². The van der Waals surface area contributed by atoms with E-state index in [-0.39, 0.29) is 43.6 Å². The van der Waals surface area contributed by atoms with Crippen molar-refractivity contribution in [1.29, 1.82) is 5.41 Å². The lowest BCUT2D eigenvalue weighted by atomic mass is 9.94. The molecule has 98 heavy (non-hydrogen) atoms. The van der Waals surface area contributed by atoms with E-state index in [1.807, 2.05) is 6.92 Å². The molecule has 19 heteroatoms. The topological polar surface area (TPSA) is 240 Å². The molecular formula is C79H145N3O15P+. The van der Waals surface area contributed by atoms with Gasteiger partial charge in [-0.05, 0) is 70.6 Å². The summed E-state index contributed by atoms with van der Waals surface area (Å²) in [5.74, 6) is -0.245. The molecule has 2 heterocycles. The zero-order valence-corrected chi connectivity index (χ0v) is 64.1. The Hall–Kier alpha value is -3.42. The molecule has 2 rings (SSSR count). The van der Waals surface area contributed by atoms with Crippen LogP contribution in [0, 0.1) is 11.3 Å². The lowest BCUT2D eigenvalue weighted by molar-refractivity contribution is -0.280. The van der Waals surface area contributed by atoms with Gasteiger partial charge in [0.2, 0.25) is 24.4 Å². The lowest BCUT2D eigenvalue weighted by Gasteiger charge is -2.46. The lowest BCUT2D eigenvalue weighted by Crippen LogP contribution is -2.66. The average molecular weight is 1410 g/mol. The molecule has 0 saturated carbocycles. The number of unbranched alkanes of at least 4 members (excludes halogenated alkanes) is 30. The third kappa shape index (κ3) is 46.2. The quantitative estimate of drug-likeness (QED) is 0.00556. The third-order valence-corrected chi connectivity index (χ3v) is 19.3. The van der Waals surface area contributed by atoms with Gasteiger partial charge in [0.15, 0.2) is 5.90 Å². The highest BCUT2D eigenvalue weighted by atomic mass is 31.1. The molecule has 2 fully saturated rings. The number of rotatable bonds is 64. The highest BCUT2D eigenvalue weighted by Gasteiger charge is 2.52. The number of aliphatic hydroxyl groups is 2. The molecule has 0 aromatic rings. The van der Waals surface area contributed by atoms with E-state index in [0.717, 1.165) is 70.6 Å². The summed E-state index contributed by atoms with van der Waals surface area (Å²) in [6, 6.07) is -2.74. The van der Waals surface area contributed by atoms with Gasteiger partial charge in [0.05, 0.1) is 38.6 Å². The summed E-state index contributed by atoms with van der Waals surface area (Å²) < 4.78 is 68.0. The Morgan fingerprint density at radius 1 is 0.592 bits per heavy atom. The van der Waals surface area contributed by atoms with E-state index in [1.165, 1.54) is 173 Å². The molecule has 3 unspecified atom stereocenters. The van der Waals surface area contributed by atoms with Crippen LogP contribution < -0.4 is 10.6 Å². The van der Waals surface area contributed by atoms with Gasteiger partial charge in [-0.1, -0.05) is 263 Å². The minimum atomic E-state index is -2.13. The van der Waals surface area contributed by atoms with Crippen molar-refractivity contribution in [1.82, 2.24) is 10.6 Å². The molecule has 2 amide bonds. The summed E-state index contributed by atoms with van der Waals surface area (Å²) in [5.41, 5.74) is 0. The number of Topliss-reactive ketones (excluding diaryl/α,β-unsaturated/α-hetero) is 1.